The van der Waals surface area contributed by atoms with Crippen molar-refractivity contribution in [2.45, 2.75) is 128 Å². The number of nitrogens with zero attached hydrogens (tertiary/aromatic N) is 8. The molecule has 12 N–H and O–H groups in total. The number of thioether (sulfide) groups is 2. The number of nitrogens with one attached hydrogen (secondary N) is 1. The number of amidine groups is 1. The number of aliphatic imine (C=N–C) groups is 2. The third-order valence-electron chi connectivity index (χ3n) is 15.4. The zero-order chi connectivity index (χ0) is 80.2. The number of benzene rings is 6. The molecular weight excluding hydrogens is 1580 g/mol. The number of hydrogen-bond acceptors (Lipinski definition) is 21. The van der Waals surface area contributed by atoms with Gasteiger partial charge in [-0.2, -0.15) is 21.7 Å². The maximum Gasteiger partial charge on any atom is 0.212 e. The third-order valence-corrected chi connectivity index (χ3v) is 19.5. The number of ketones is 3. The summed E-state index contributed by atoms with van der Waals surface area (Å²) < 4.78 is 22.3. The molecule has 0 saturated carbocycles. The Kier molecular flexibility index (Phi) is 44.2. The highest BCUT2D eigenvalue weighted by Gasteiger charge is 2.11. The number of oxazole rings is 4. The van der Waals surface area contributed by atoms with E-state index in [2.05, 4.69) is 129 Å². The number of Topliss-reactive ketones (excluding diaryl/α,β-unsaturated/α-hetero) is 3. The summed E-state index contributed by atoms with van der Waals surface area (Å²) in [5.41, 5.74) is 35.7. The quantitative estimate of drug-likeness (QED) is 0.00852. The fraction of sp³-hybridized carbons (Fsp3) is 0.286. The number of nitrogens with two attached hydrogens (primary N) is 5. The van der Waals surface area contributed by atoms with Crippen LogP contribution in [-0.2, 0) is 116 Å². The Labute approximate surface area is 685 Å². The Morgan fingerprint density at radius 3 is 1.13 bits per heavy atom. The number of aliphatic hydroxyl groups excluding tert-OH is 1. The number of halogens is 2. The molecule has 0 radical (unpaired) electrons. The molecule has 590 valence electrons. The highest BCUT2D eigenvalue weighted by Crippen LogP contribution is 2.24. The van der Waals surface area contributed by atoms with Crippen molar-refractivity contribution < 1.29 is 37.2 Å². The lowest BCUT2D eigenvalue weighted by atomic mass is 10.1. The Bertz CT molecular complexity index is 4530. The Hall–Kier alpha value is -10.1. The lowest BCUT2D eigenvalue weighted by molar-refractivity contribution is -0.117. The van der Waals surface area contributed by atoms with E-state index in [0.29, 0.717) is 64.7 Å². The molecule has 0 aliphatic rings. The van der Waals surface area contributed by atoms with Crippen molar-refractivity contribution in [3.05, 3.63) is 309 Å². The van der Waals surface area contributed by atoms with Crippen LogP contribution in [-0.4, -0.2) is 93.0 Å². The summed E-state index contributed by atoms with van der Waals surface area (Å²) in [5, 5.41) is 21.2. The van der Waals surface area contributed by atoms with Gasteiger partial charge in [0, 0.05) is 91.7 Å². The number of hydrogen-bond donors (Lipinski definition) is 7. The monoisotopic (exact) mass is 1670 g/mol. The second kappa shape index (κ2) is 54.5. The summed E-state index contributed by atoms with van der Waals surface area (Å²) in [6.45, 7) is 3.25. The number of aromatic nitrogens is 6. The van der Waals surface area contributed by atoms with Crippen LogP contribution in [0.15, 0.2) is 245 Å². The Balaban J connectivity index is 0.000000207. The van der Waals surface area contributed by atoms with Crippen LogP contribution in [0.1, 0.15) is 118 Å². The normalized spacial score (nSPS) is 10.3. The molecule has 112 heavy (non-hydrogen) atoms. The minimum absolute atomic E-state index is 0.00915. The highest BCUT2D eigenvalue weighted by atomic mass is 79.9. The molecule has 0 atom stereocenters. The summed E-state index contributed by atoms with van der Waals surface area (Å²) >= 11 is 14.5. The van der Waals surface area contributed by atoms with Crippen LogP contribution in [0.4, 0.5) is 10.3 Å². The van der Waals surface area contributed by atoms with Crippen molar-refractivity contribution in [3.8, 4) is 0 Å². The topological polar surface area (TPSA) is 380 Å². The number of guanidine groups is 2. The predicted octanol–water partition coefficient (Wildman–Crippen LogP) is 16.1. The molecule has 0 fully saturated rings. The van der Waals surface area contributed by atoms with Crippen molar-refractivity contribution in [3.63, 3.8) is 0 Å². The molecule has 12 aromatic rings. The number of alkyl halides is 2. The predicted molar refractivity (Wildman–Crippen MR) is 458 cm³/mol. The van der Waals surface area contributed by atoms with Gasteiger partial charge in [-0.3, -0.25) is 15.0 Å². The number of carbonyl (C=O) groups excluding carboxylic acids is 3. The van der Waals surface area contributed by atoms with Gasteiger partial charge in [0.05, 0.1) is 54.5 Å². The van der Waals surface area contributed by atoms with E-state index in [-0.39, 0.29) is 47.5 Å². The number of aliphatic hydroxyl groups is 1. The van der Waals surface area contributed by atoms with Crippen molar-refractivity contribution >= 4 is 118 Å². The SMILES string of the molecule is CC(=O)CCc1ccccc1.CC(=O)Cc1ncc(CCc2ccccc2)o1.ClCCc1ncc(CCc2ccccc2)o1.N=C(N)SCc1csc(N=C(N)N)n1.NC(N)=Nc1nc(CSCCc2ncc(CCc3ccccc3)o2)cs1.O=C(CBr)CCc1ccccc1.OCCc1ncc(CCc2ccccc2)o1. The first kappa shape index (κ1) is 90.8. The Morgan fingerprint density at radius 2 is 0.795 bits per heavy atom. The van der Waals surface area contributed by atoms with Crippen molar-refractivity contribution in [2.75, 3.05) is 23.6 Å². The fourth-order valence-corrected chi connectivity index (χ4v) is 13.2. The molecule has 6 aromatic carbocycles. The molecule has 6 aromatic heterocycles. The molecule has 6 heterocycles. The fourth-order valence-electron chi connectivity index (χ4n) is 9.82. The lowest BCUT2D eigenvalue weighted by Gasteiger charge is -1.99. The van der Waals surface area contributed by atoms with Crippen molar-refractivity contribution in [1.82, 2.24) is 29.9 Å². The minimum atomic E-state index is -0.00915. The van der Waals surface area contributed by atoms with Gasteiger partial charge in [0.1, 0.15) is 40.4 Å². The average molecular weight is 1680 g/mol. The van der Waals surface area contributed by atoms with E-state index in [0.717, 1.165) is 128 Å². The Morgan fingerprint density at radius 1 is 0.455 bits per heavy atom. The van der Waals surface area contributed by atoms with E-state index in [9.17, 15) is 14.4 Å². The van der Waals surface area contributed by atoms with Crippen LogP contribution in [0.25, 0.3) is 0 Å². The zero-order valence-electron chi connectivity index (χ0n) is 63.0. The molecule has 0 aliphatic heterocycles. The molecule has 0 unspecified atom stereocenters. The third kappa shape index (κ3) is 41.2. The first-order valence-corrected chi connectivity index (χ1v) is 41.8. The number of rotatable bonds is 34. The minimum Gasteiger partial charge on any atom is -0.446 e. The summed E-state index contributed by atoms with van der Waals surface area (Å²) in [4.78, 5) is 65.4. The zero-order valence-corrected chi connectivity index (χ0v) is 68.6. The van der Waals surface area contributed by atoms with Crippen LogP contribution >= 0.6 is 73.7 Å². The average Bonchev–Trinajstić information content (AvgIpc) is 1.78. The van der Waals surface area contributed by atoms with Gasteiger partial charge < -0.3 is 56.2 Å². The lowest BCUT2D eigenvalue weighted by Crippen LogP contribution is -2.21. The summed E-state index contributed by atoms with van der Waals surface area (Å²) in [7, 11) is 0. The number of carbonyl (C=O) groups is 3. The molecule has 0 aliphatic carbocycles. The first-order chi connectivity index (χ1) is 54.4. The van der Waals surface area contributed by atoms with Crippen LogP contribution in [0.2, 0.25) is 0 Å². The van der Waals surface area contributed by atoms with Crippen LogP contribution in [0.5, 0.6) is 0 Å². The highest BCUT2D eigenvalue weighted by molar-refractivity contribution is 9.09. The van der Waals surface area contributed by atoms with E-state index in [1.807, 2.05) is 126 Å². The summed E-state index contributed by atoms with van der Waals surface area (Å²) in [6, 6.07) is 61.4. The molecule has 0 saturated heterocycles. The number of aryl methyl sites for hydroxylation is 12. The number of thiazole rings is 2. The maximum absolute atomic E-state index is 10.9. The van der Waals surface area contributed by atoms with Gasteiger partial charge in [-0.1, -0.05) is 210 Å². The molecule has 0 bridgehead atoms. The van der Waals surface area contributed by atoms with Gasteiger partial charge in [0.2, 0.25) is 16.2 Å². The molecule has 28 heteroatoms. The molecular formula is C84H98BrClN14O8S4. The van der Waals surface area contributed by atoms with Crippen molar-refractivity contribution in [1.29, 1.82) is 5.41 Å². The van der Waals surface area contributed by atoms with E-state index in [4.69, 9.17) is 68.5 Å². The van der Waals surface area contributed by atoms with E-state index < -0.39 is 0 Å². The summed E-state index contributed by atoms with van der Waals surface area (Å²) in [5.74, 6) is 9.72. The molecule has 0 amide bonds. The van der Waals surface area contributed by atoms with E-state index in [1.165, 1.54) is 74.7 Å². The van der Waals surface area contributed by atoms with Gasteiger partial charge in [0.15, 0.2) is 34.8 Å². The molecule has 22 nitrogen and oxygen atoms in total. The van der Waals surface area contributed by atoms with Gasteiger partial charge >= 0.3 is 0 Å². The van der Waals surface area contributed by atoms with Crippen LogP contribution < -0.4 is 28.7 Å². The van der Waals surface area contributed by atoms with Gasteiger partial charge in [0.25, 0.3) is 0 Å². The molecule has 12 rings (SSSR count). The van der Waals surface area contributed by atoms with Gasteiger partial charge in [-0.25, -0.2) is 29.9 Å². The van der Waals surface area contributed by atoms with E-state index in [1.54, 1.807) is 37.3 Å². The van der Waals surface area contributed by atoms with Crippen LogP contribution in [0.3, 0.4) is 0 Å². The maximum atomic E-state index is 10.9. The standard InChI is InChI=1S/C18H21N5OS2.C14H15NO2.C13H14ClNO.C13H15NO2.C10H11BrO.C10H12O.C6H10N6S2/c19-17(20)23-18-22-14(12-26-18)11-25-9-8-16-21-10-15(24-16)7-6-13-4-2-1-3-5-13;1-11(16)9-14-15-10-13(17-14)8-7-12-5-3-2-4-6-12;14-9-8-13-15-10-12(16-13)7-6-11-4-2-1-3-5-11;15-9-8-13-14-10-12(16-13)7-6-11-4-2-1-3-5-11;11-8-10(12)7-6-9-4-2-1-3-5-9;1-9(11)7-8-10-5-3-2-4-6-10;7-4(8)12-6-11-3(2-14-6)1-13-5(9)10/h1-5,10,12H,6-9,11H2,(H4,19,20,22,23);2-6,10H,7-9H2,1H3;1-5,10H,6-9H2;1-5,10,15H,6-9H2;1-5H,6-8H2;2-6H,7-8H2,1H3;2H,1H2,(H3,9,10)(H4,7,8,11,12). The van der Waals surface area contributed by atoms with Gasteiger partial charge in [-0.15, -0.1) is 34.3 Å². The van der Waals surface area contributed by atoms with E-state index >= 15 is 0 Å². The summed E-state index contributed by atoms with van der Waals surface area (Å²) in [6.07, 6.45) is 19.6. The second-order valence-corrected chi connectivity index (χ2v) is 29.5. The molecule has 0 spiro atoms. The van der Waals surface area contributed by atoms with Crippen LogP contribution in [0, 0.1) is 5.41 Å². The largest absolute Gasteiger partial charge is 0.446 e. The first-order valence-electron chi connectivity index (χ1n) is 36.2. The van der Waals surface area contributed by atoms with Crippen molar-refractivity contribution in [2.24, 2.45) is 38.7 Å². The van der Waals surface area contributed by atoms with Gasteiger partial charge in [-0.05, 0) is 85.8 Å². The smallest absolute Gasteiger partial charge is 0.212 e. The second-order valence-electron chi connectivity index (χ2n) is 24.7.